The number of hydrogen-bond donors (Lipinski definition) is 0. The van der Waals surface area contributed by atoms with Crippen LogP contribution in [0.1, 0.15) is 16.1 Å². The van der Waals surface area contributed by atoms with Gasteiger partial charge in [-0.3, -0.25) is 9.59 Å². The summed E-state index contributed by atoms with van der Waals surface area (Å²) in [6.07, 6.45) is -4.03. The molecular formula is C8H5F3O2S. The molecule has 0 unspecified atom stereocenters. The summed E-state index contributed by atoms with van der Waals surface area (Å²) in [5.74, 6) is -2.21. The second kappa shape index (κ2) is 4.36. The van der Waals surface area contributed by atoms with Gasteiger partial charge in [-0.05, 0) is 12.1 Å². The van der Waals surface area contributed by atoms with Gasteiger partial charge in [-0.15, -0.1) is 11.3 Å². The quantitative estimate of drug-likeness (QED) is 0.578. The molecule has 1 rings (SSSR count). The summed E-state index contributed by atoms with van der Waals surface area (Å²) >= 11 is 0.536. The van der Waals surface area contributed by atoms with Crippen LogP contribution in [0.2, 0.25) is 0 Å². The van der Waals surface area contributed by atoms with Crippen LogP contribution in [-0.2, 0) is 4.79 Å². The molecule has 1 heterocycles. The summed E-state index contributed by atoms with van der Waals surface area (Å²) in [5, 5.41) is -0.585. The van der Waals surface area contributed by atoms with E-state index in [0.29, 0.717) is 11.3 Å². The molecule has 0 N–H and O–H groups in total. The fourth-order valence-corrected chi connectivity index (χ4v) is 1.45. The van der Waals surface area contributed by atoms with Gasteiger partial charge in [0.25, 0.3) is 6.43 Å². The fraction of sp³-hybridized carbons (Fsp3) is 0.250. The predicted octanol–water partition coefficient (Wildman–Crippen LogP) is 2.29. The molecule has 14 heavy (non-hydrogen) atoms. The van der Waals surface area contributed by atoms with Crippen molar-refractivity contribution in [3.8, 4) is 0 Å². The van der Waals surface area contributed by atoms with Crippen LogP contribution >= 0.6 is 11.3 Å². The van der Waals surface area contributed by atoms with E-state index in [1.54, 1.807) is 0 Å². The molecule has 0 aromatic carbocycles. The molecule has 0 atom stereocenters. The Morgan fingerprint density at radius 1 is 1.36 bits per heavy atom. The van der Waals surface area contributed by atoms with Gasteiger partial charge >= 0.3 is 0 Å². The average molecular weight is 222 g/mol. The lowest BCUT2D eigenvalue weighted by Gasteiger charge is -1.96. The summed E-state index contributed by atoms with van der Waals surface area (Å²) in [6, 6.07) is 2.21. The van der Waals surface area contributed by atoms with Crippen LogP contribution in [0.4, 0.5) is 13.2 Å². The van der Waals surface area contributed by atoms with Gasteiger partial charge in [-0.1, -0.05) is 0 Å². The molecule has 1 aromatic rings. The second-order valence-corrected chi connectivity index (χ2v) is 3.50. The first-order valence-corrected chi connectivity index (χ1v) is 4.41. The van der Waals surface area contributed by atoms with Crippen LogP contribution in [0, 0.1) is 5.13 Å². The van der Waals surface area contributed by atoms with Crippen LogP contribution < -0.4 is 0 Å². The Morgan fingerprint density at radius 2 is 2.00 bits per heavy atom. The third-order valence-electron chi connectivity index (χ3n) is 1.43. The van der Waals surface area contributed by atoms with E-state index in [-0.39, 0.29) is 4.88 Å². The Kier molecular flexibility index (Phi) is 3.40. The Hall–Kier alpha value is -1.17. The van der Waals surface area contributed by atoms with Crippen molar-refractivity contribution in [2.24, 2.45) is 0 Å². The number of rotatable bonds is 4. The third kappa shape index (κ3) is 2.66. The molecule has 0 aliphatic carbocycles. The van der Waals surface area contributed by atoms with E-state index in [2.05, 4.69) is 0 Å². The van der Waals surface area contributed by atoms with Gasteiger partial charge in [0.05, 0.1) is 11.3 Å². The van der Waals surface area contributed by atoms with Crippen molar-refractivity contribution in [3.63, 3.8) is 0 Å². The van der Waals surface area contributed by atoms with Crippen LogP contribution in [-0.4, -0.2) is 18.0 Å². The van der Waals surface area contributed by atoms with Crippen molar-refractivity contribution in [2.45, 2.75) is 12.8 Å². The van der Waals surface area contributed by atoms with Gasteiger partial charge in [-0.25, -0.2) is 8.78 Å². The topological polar surface area (TPSA) is 34.1 Å². The van der Waals surface area contributed by atoms with E-state index in [0.717, 1.165) is 6.07 Å². The van der Waals surface area contributed by atoms with Crippen molar-refractivity contribution in [3.05, 3.63) is 22.1 Å². The van der Waals surface area contributed by atoms with E-state index < -0.39 is 29.5 Å². The lowest BCUT2D eigenvalue weighted by molar-refractivity contribution is -0.128. The van der Waals surface area contributed by atoms with E-state index in [1.165, 1.54) is 6.07 Å². The van der Waals surface area contributed by atoms with Crippen molar-refractivity contribution >= 4 is 22.9 Å². The van der Waals surface area contributed by atoms with E-state index >= 15 is 0 Å². The predicted molar refractivity (Wildman–Crippen MR) is 44.2 cm³/mol. The molecule has 0 amide bonds. The highest BCUT2D eigenvalue weighted by Crippen LogP contribution is 2.16. The molecule has 0 aliphatic rings. The maximum Gasteiger partial charge on any atom is 0.296 e. The lowest BCUT2D eigenvalue weighted by Crippen LogP contribution is -2.14. The number of halogens is 3. The van der Waals surface area contributed by atoms with Crippen molar-refractivity contribution in [1.82, 2.24) is 0 Å². The van der Waals surface area contributed by atoms with E-state index in [1.807, 2.05) is 0 Å². The number of carbonyl (C=O) groups excluding carboxylic acids is 2. The molecule has 2 nitrogen and oxygen atoms in total. The van der Waals surface area contributed by atoms with Gasteiger partial charge in [-0.2, -0.15) is 4.39 Å². The first-order chi connectivity index (χ1) is 6.50. The highest BCUT2D eigenvalue weighted by Gasteiger charge is 2.20. The molecule has 0 radical (unpaired) electrons. The van der Waals surface area contributed by atoms with Gasteiger partial charge < -0.3 is 0 Å². The third-order valence-corrected chi connectivity index (χ3v) is 2.34. The van der Waals surface area contributed by atoms with Crippen molar-refractivity contribution in [1.29, 1.82) is 0 Å². The monoisotopic (exact) mass is 222 g/mol. The minimum atomic E-state index is -3.15. The molecule has 0 saturated carbocycles. The number of ketones is 2. The zero-order chi connectivity index (χ0) is 10.7. The SMILES string of the molecule is O=C(CC(=O)C(F)F)c1ccc(F)s1. The minimum absolute atomic E-state index is 0.0171. The first kappa shape index (κ1) is 10.9. The largest absolute Gasteiger partial charge is 0.296 e. The van der Waals surface area contributed by atoms with Gasteiger partial charge in [0, 0.05) is 0 Å². The van der Waals surface area contributed by atoms with Gasteiger partial charge in [0.2, 0.25) is 5.78 Å². The van der Waals surface area contributed by atoms with Crippen molar-refractivity contribution in [2.75, 3.05) is 0 Å². The Labute approximate surface area is 81.4 Å². The fourth-order valence-electron chi connectivity index (χ4n) is 0.787. The van der Waals surface area contributed by atoms with Crippen LogP contribution in [0.3, 0.4) is 0 Å². The smallest absolute Gasteiger partial charge is 0.293 e. The first-order valence-electron chi connectivity index (χ1n) is 3.60. The zero-order valence-corrected chi connectivity index (χ0v) is 7.61. The molecule has 0 bridgehead atoms. The summed E-state index contributed by atoms with van der Waals surface area (Å²) in [4.78, 5) is 21.5. The average Bonchev–Trinajstić information content (AvgIpc) is 2.51. The maximum absolute atomic E-state index is 12.4. The van der Waals surface area contributed by atoms with E-state index in [4.69, 9.17) is 0 Å². The van der Waals surface area contributed by atoms with E-state index in [9.17, 15) is 22.8 Å². The van der Waals surface area contributed by atoms with Gasteiger partial charge in [0.15, 0.2) is 10.9 Å². The minimum Gasteiger partial charge on any atom is -0.293 e. The molecule has 1 aromatic heterocycles. The highest BCUT2D eigenvalue weighted by molar-refractivity contribution is 7.12. The molecule has 76 valence electrons. The molecule has 0 fully saturated rings. The Bertz CT molecular complexity index is 359. The summed E-state index contributed by atoms with van der Waals surface area (Å²) < 4.78 is 35.9. The Morgan fingerprint density at radius 3 is 2.43 bits per heavy atom. The zero-order valence-electron chi connectivity index (χ0n) is 6.80. The number of alkyl halides is 2. The molecule has 6 heteroatoms. The molecule has 0 saturated heterocycles. The number of Topliss-reactive ketones (excluding diaryl/α,β-unsaturated/α-hetero) is 2. The summed E-state index contributed by atoms with van der Waals surface area (Å²) in [6.45, 7) is 0. The van der Waals surface area contributed by atoms with Crippen molar-refractivity contribution < 1.29 is 22.8 Å². The molecular weight excluding hydrogens is 217 g/mol. The normalized spacial score (nSPS) is 10.6. The number of hydrogen-bond acceptors (Lipinski definition) is 3. The molecule has 0 spiro atoms. The highest BCUT2D eigenvalue weighted by atomic mass is 32.1. The number of thiophene rings is 1. The molecule has 0 aliphatic heterocycles. The standard InChI is InChI=1S/C8H5F3O2S/c9-7-2-1-6(14-7)4(12)3-5(13)8(10)11/h1-2,8H,3H2. The van der Waals surface area contributed by atoms with Crippen LogP contribution in [0.5, 0.6) is 0 Å². The summed E-state index contributed by atoms with van der Waals surface area (Å²) in [5.41, 5.74) is 0. The number of carbonyl (C=O) groups is 2. The summed E-state index contributed by atoms with van der Waals surface area (Å²) in [7, 11) is 0. The second-order valence-electron chi connectivity index (χ2n) is 2.47. The Balaban J connectivity index is 2.64. The van der Waals surface area contributed by atoms with Crippen LogP contribution in [0.15, 0.2) is 12.1 Å². The maximum atomic E-state index is 12.4. The van der Waals surface area contributed by atoms with Crippen LogP contribution in [0.25, 0.3) is 0 Å². The lowest BCUT2D eigenvalue weighted by atomic mass is 10.2. The van der Waals surface area contributed by atoms with Gasteiger partial charge in [0.1, 0.15) is 0 Å².